The van der Waals surface area contributed by atoms with E-state index in [1.54, 1.807) is 0 Å². The molecule has 1 amide bonds. The van der Waals surface area contributed by atoms with Gasteiger partial charge in [0, 0.05) is 38.5 Å². The molecule has 1 unspecified atom stereocenters. The van der Waals surface area contributed by atoms with Crippen LogP contribution in [-0.4, -0.2) is 47.5 Å². The van der Waals surface area contributed by atoms with Crippen LogP contribution in [0.3, 0.4) is 0 Å². The van der Waals surface area contributed by atoms with Crippen molar-refractivity contribution in [1.29, 1.82) is 0 Å². The highest BCUT2D eigenvalue weighted by Crippen LogP contribution is 2.46. The number of rotatable bonds is 6. The van der Waals surface area contributed by atoms with E-state index < -0.39 is 0 Å². The summed E-state index contributed by atoms with van der Waals surface area (Å²) in [6.45, 7) is 10.5. The molecule has 0 aliphatic carbocycles. The van der Waals surface area contributed by atoms with Crippen molar-refractivity contribution >= 4 is 5.91 Å². The van der Waals surface area contributed by atoms with Gasteiger partial charge in [-0.15, -0.1) is 0 Å². The molecule has 3 heterocycles. The van der Waals surface area contributed by atoms with Crippen LogP contribution >= 0.6 is 0 Å². The number of amides is 1. The highest BCUT2D eigenvalue weighted by Gasteiger charge is 2.43. The smallest absolute Gasteiger partial charge is 0.223 e. The highest BCUT2D eigenvalue weighted by molar-refractivity contribution is 5.77. The minimum Gasteiger partial charge on any atom is -0.487 e. The molecule has 0 N–H and O–H groups in total. The second-order valence-corrected chi connectivity index (χ2v) is 8.78. The van der Waals surface area contributed by atoms with Gasteiger partial charge in [0.1, 0.15) is 22.9 Å². The zero-order valence-electron chi connectivity index (χ0n) is 18.5. The summed E-state index contributed by atoms with van der Waals surface area (Å²) >= 11 is 0. The summed E-state index contributed by atoms with van der Waals surface area (Å²) in [7, 11) is 0. The number of carbonyl (C=O) groups is 1. The van der Waals surface area contributed by atoms with Crippen LogP contribution in [-0.2, 0) is 11.3 Å². The molecule has 1 aromatic heterocycles. The topological polar surface area (TPSA) is 45.9 Å². The summed E-state index contributed by atoms with van der Waals surface area (Å²) in [5, 5.41) is 0. The lowest BCUT2D eigenvalue weighted by Gasteiger charge is -2.47. The van der Waals surface area contributed by atoms with Crippen LogP contribution in [0.5, 0.6) is 5.75 Å². The lowest BCUT2D eigenvalue weighted by atomic mass is 9.76. The molecule has 2 aromatic rings. The van der Waals surface area contributed by atoms with Gasteiger partial charge in [-0.1, -0.05) is 18.2 Å². The standard InChI is InChI=1S/C25H34N2O3/c1-4-27(5-2)24(28)16-20-17-25(30-23-9-7-6-8-22(20)23)12-14-26(15-13-25)18-21-11-10-19(3)29-21/h6-11,20H,4-5,12-18H2,1-3H3. The van der Waals surface area contributed by atoms with Crippen molar-refractivity contribution in [3.8, 4) is 5.75 Å². The van der Waals surface area contributed by atoms with Crippen LogP contribution < -0.4 is 4.74 Å². The summed E-state index contributed by atoms with van der Waals surface area (Å²) in [6.07, 6.45) is 3.46. The molecule has 1 fully saturated rings. The van der Waals surface area contributed by atoms with Crippen LogP contribution in [0.2, 0.25) is 0 Å². The minimum atomic E-state index is -0.169. The first-order valence-electron chi connectivity index (χ1n) is 11.4. The number of furan rings is 1. The molecule has 5 heteroatoms. The average Bonchev–Trinajstić information content (AvgIpc) is 3.15. The molecular formula is C25H34N2O3. The van der Waals surface area contributed by atoms with Gasteiger partial charge in [0.05, 0.1) is 6.54 Å². The average molecular weight is 411 g/mol. The van der Waals surface area contributed by atoms with Gasteiger partial charge in [0.15, 0.2) is 0 Å². The number of likely N-dealkylation sites (tertiary alicyclic amines) is 1. The summed E-state index contributed by atoms with van der Waals surface area (Å²) in [5.41, 5.74) is 1.02. The predicted molar refractivity (Wildman–Crippen MR) is 118 cm³/mol. The van der Waals surface area contributed by atoms with Crippen molar-refractivity contribution in [2.45, 2.75) is 64.5 Å². The summed E-state index contributed by atoms with van der Waals surface area (Å²) in [5.74, 6) is 3.44. The number of ether oxygens (including phenoxy) is 1. The van der Waals surface area contributed by atoms with E-state index in [0.717, 1.165) is 69.3 Å². The molecule has 0 saturated carbocycles. The number of piperidine rings is 1. The van der Waals surface area contributed by atoms with Crippen molar-refractivity contribution in [3.63, 3.8) is 0 Å². The van der Waals surface area contributed by atoms with Crippen molar-refractivity contribution in [2.75, 3.05) is 26.2 Å². The SMILES string of the molecule is CCN(CC)C(=O)CC1CC2(CCN(Cc3ccc(C)o3)CC2)Oc2ccccc21. The Morgan fingerprint density at radius 2 is 1.87 bits per heavy atom. The van der Waals surface area contributed by atoms with E-state index in [2.05, 4.69) is 43.0 Å². The monoisotopic (exact) mass is 410 g/mol. The molecule has 2 aliphatic heterocycles. The number of hydrogen-bond donors (Lipinski definition) is 0. The largest absolute Gasteiger partial charge is 0.487 e. The van der Waals surface area contributed by atoms with Gasteiger partial charge in [0.2, 0.25) is 5.91 Å². The third kappa shape index (κ3) is 4.41. The first kappa shape index (κ1) is 21.0. The molecule has 4 rings (SSSR count). The molecule has 0 bridgehead atoms. The Balaban J connectivity index is 1.46. The fourth-order valence-corrected chi connectivity index (χ4v) is 5.06. The Labute approximate surface area is 180 Å². The van der Waals surface area contributed by atoms with Crippen LogP contribution in [0.15, 0.2) is 40.8 Å². The maximum atomic E-state index is 12.9. The summed E-state index contributed by atoms with van der Waals surface area (Å²) in [6, 6.07) is 12.4. The van der Waals surface area contributed by atoms with E-state index >= 15 is 0 Å². The first-order chi connectivity index (χ1) is 14.5. The number of hydrogen-bond acceptors (Lipinski definition) is 4. The van der Waals surface area contributed by atoms with Crippen molar-refractivity contribution in [2.24, 2.45) is 0 Å². The second kappa shape index (κ2) is 8.84. The number of benzene rings is 1. The Hall–Kier alpha value is -2.27. The van der Waals surface area contributed by atoms with E-state index in [1.807, 2.05) is 24.0 Å². The Morgan fingerprint density at radius 1 is 1.13 bits per heavy atom. The van der Waals surface area contributed by atoms with Gasteiger partial charge in [-0.3, -0.25) is 9.69 Å². The summed E-state index contributed by atoms with van der Waals surface area (Å²) in [4.78, 5) is 17.3. The third-order valence-electron chi connectivity index (χ3n) is 6.78. The lowest BCUT2D eigenvalue weighted by Crippen LogP contribution is -2.50. The molecular weight excluding hydrogens is 376 g/mol. The van der Waals surface area contributed by atoms with Crippen LogP contribution in [0.25, 0.3) is 0 Å². The normalized spacial score (nSPS) is 20.6. The van der Waals surface area contributed by atoms with Crippen molar-refractivity contribution in [1.82, 2.24) is 9.80 Å². The first-order valence-corrected chi connectivity index (χ1v) is 11.4. The lowest BCUT2D eigenvalue weighted by molar-refractivity contribution is -0.131. The molecule has 1 spiro atoms. The van der Waals surface area contributed by atoms with E-state index in [-0.39, 0.29) is 17.4 Å². The summed E-state index contributed by atoms with van der Waals surface area (Å²) < 4.78 is 12.4. The zero-order valence-corrected chi connectivity index (χ0v) is 18.5. The van der Waals surface area contributed by atoms with Gasteiger partial charge < -0.3 is 14.1 Å². The Kier molecular flexibility index (Phi) is 6.19. The van der Waals surface area contributed by atoms with Gasteiger partial charge in [-0.05, 0) is 63.8 Å². The Morgan fingerprint density at radius 3 is 2.53 bits per heavy atom. The van der Waals surface area contributed by atoms with Crippen LogP contribution in [0.1, 0.15) is 62.5 Å². The molecule has 2 aliphatic rings. The molecule has 5 nitrogen and oxygen atoms in total. The third-order valence-corrected chi connectivity index (χ3v) is 6.78. The number of aryl methyl sites for hydroxylation is 1. The van der Waals surface area contributed by atoms with E-state index in [1.165, 1.54) is 5.56 Å². The molecule has 162 valence electrons. The zero-order chi connectivity index (χ0) is 21.1. The van der Waals surface area contributed by atoms with Gasteiger partial charge in [0.25, 0.3) is 0 Å². The molecule has 1 aromatic carbocycles. The molecule has 1 atom stereocenters. The minimum absolute atomic E-state index is 0.169. The molecule has 1 saturated heterocycles. The quantitative estimate of drug-likeness (QED) is 0.690. The molecule has 30 heavy (non-hydrogen) atoms. The van der Waals surface area contributed by atoms with Crippen LogP contribution in [0.4, 0.5) is 0 Å². The van der Waals surface area contributed by atoms with Gasteiger partial charge >= 0.3 is 0 Å². The predicted octanol–water partition coefficient (Wildman–Crippen LogP) is 4.75. The van der Waals surface area contributed by atoms with E-state index in [0.29, 0.717) is 6.42 Å². The number of nitrogens with zero attached hydrogens (tertiary/aromatic N) is 2. The van der Waals surface area contributed by atoms with Gasteiger partial charge in [-0.25, -0.2) is 0 Å². The van der Waals surface area contributed by atoms with Crippen molar-refractivity contribution < 1.29 is 13.9 Å². The fourth-order valence-electron chi connectivity index (χ4n) is 5.06. The number of para-hydroxylation sites is 1. The highest BCUT2D eigenvalue weighted by atomic mass is 16.5. The molecule has 0 radical (unpaired) electrons. The van der Waals surface area contributed by atoms with Crippen molar-refractivity contribution in [3.05, 3.63) is 53.5 Å². The van der Waals surface area contributed by atoms with E-state index in [9.17, 15) is 4.79 Å². The number of fused-ring (bicyclic) bond motifs is 1. The number of carbonyl (C=O) groups excluding carboxylic acids is 1. The Bertz CT molecular complexity index is 863. The van der Waals surface area contributed by atoms with Crippen LogP contribution in [0, 0.1) is 6.92 Å². The maximum absolute atomic E-state index is 12.9. The maximum Gasteiger partial charge on any atom is 0.223 e. The second-order valence-electron chi connectivity index (χ2n) is 8.78. The van der Waals surface area contributed by atoms with Gasteiger partial charge in [-0.2, -0.15) is 0 Å². The fraction of sp³-hybridized carbons (Fsp3) is 0.560. The van der Waals surface area contributed by atoms with E-state index in [4.69, 9.17) is 9.15 Å².